The smallest absolute Gasteiger partial charge is 0.315 e. The van der Waals surface area contributed by atoms with Crippen LogP contribution >= 0.6 is 11.3 Å². The average molecular weight is 264 g/mol. The molecule has 0 aromatic carbocycles. The number of carbonyl (C=O) groups excluding carboxylic acids is 1. The molecule has 0 aliphatic carbocycles. The second-order valence-corrected chi connectivity index (χ2v) is 4.80. The molecule has 0 atom stereocenters. The first-order valence-electron chi connectivity index (χ1n) is 5.94. The Morgan fingerprint density at radius 3 is 2.94 bits per heavy atom. The summed E-state index contributed by atoms with van der Waals surface area (Å²) >= 11 is 1.63. The Morgan fingerprint density at radius 1 is 1.33 bits per heavy atom. The predicted octanol–water partition coefficient (Wildman–Crippen LogP) is 3.22. The van der Waals surface area contributed by atoms with E-state index in [-0.39, 0.29) is 6.03 Å². The molecule has 2 aromatic rings. The number of carbonyl (C=O) groups is 1. The maximum absolute atomic E-state index is 11.3. The Labute approximate surface area is 110 Å². The van der Waals surface area contributed by atoms with Crippen molar-refractivity contribution in [2.24, 2.45) is 0 Å². The van der Waals surface area contributed by atoms with Gasteiger partial charge in [0.2, 0.25) is 0 Å². The van der Waals surface area contributed by atoms with E-state index in [0.717, 1.165) is 22.8 Å². The molecule has 0 unspecified atom stereocenters. The summed E-state index contributed by atoms with van der Waals surface area (Å²) in [6, 6.07) is 7.64. The minimum atomic E-state index is -0.161. The predicted molar refractivity (Wildman–Crippen MR) is 72.6 cm³/mol. The number of rotatable bonds is 5. The van der Waals surface area contributed by atoms with Crippen LogP contribution in [-0.4, -0.2) is 12.6 Å². The van der Waals surface area contributed by atoms with Gasteiger partial charge in [-0.25, -0.2) is 4.79 Å². The molecule has 2 rings (SSSR count). The molecule has 4 nitrogen and oxygen atoms in total. The van der Waals surface area contributed by atoms with Crippen molar-refractivity contribution < 1.29 is 9.21 Å². The normalized spacial score (nSPS) is 10.3. The van der Waals surface area contributed by atoms with E-state index in [1.165, 1.54) is 0 Å². The van der Waals surface area contributed by atoms with Crippen molar-refractivity contribution in [1.29, 1.82) is 0 Å². The minimum Gasteiger partial charge on any atom is -0.458 e. The zero-order valence-electron chi connectivity index (χ0n) is 10.2. The number of nitrogens with one attached hydrogen (secondary N) is 2. The monoisotopic (exact) mass is 264 g/mol. The summed E-state index contributed by atoms with van der Waals surface area (Å²) < 4.78 is 5.65. The molecule has 2 amide bonds. The zero-order valence-corrected chi connectivity index (χ0v) is 11.0. The average Bonchev–Trinajstić information content (AvgIpc) is 3.03. The molecular weight excluding hydrogens is 248 g/mol. The number of hydrogen-bond donors (Lipinski definition) is 2. The van der Waals surface area contributed by atoms with Gasteiger partial charge in [-0.3, -0.25) is 0 Å². The molecule has 0 aliphatic heterocycles. The van der Waals surface area contributed by atoms with Crippen LogP contribution < -0.4 is 10.6 Å². The van der Waals surface area contributed by atoms with Gasteiger partial charge in [-0.05, 0) is 30.0 Å². The van der Waals surface area contributed by atoms with Crippen LogP contribution in [0.5, 0.6) is 0 Å². The first-order valence-corrected chi connectivity index (χ1v) is 6.82. The lowest BCUT2D eigenvalue weighted by atomic mass is 10.3. The molecule has 0 spiro atoms. The van der Waals surface area contributed by atoms with E-state index in [9.17, 15) is 4.79 Å². The van der Waals surface area contributed by atoms with Gasteiger partial charge in [0.1, 0.15) is 11.5 Å². The molecule has 5 heteroatoms. The van der Waals surface area contributed by atoms with Crippen LogP contribution in [0.4, 0.5) is 4.79 Å². The minimum absolute atomic E-state index is 0.161. The number of thiophene rings is 1. The van der Waals surface area contributed by atoms with Crippen molar-refractivity contribution in [2.75, 3.05) is 6.54 Å². The third kappa shape index (κ3) is 3.37. The molecule has 96 valence electrons. The first kappa shape index (κ1) is 12.7. The largest absolute Gasteiger partial charge is 0.458 e. The molecule has 0 saturated heterocycles. The first-order chi connectivity index (χ1) is 8.79. The van der Waals surface area contributed by atoms with Crippen molar-refractivity contribution in [3.8, 4) is 10.6 Å². The molecule has 0 saturated carbocycles. The summed E-state index contributed by atoms with van der Waals surface area (Å²) in [6.45, 7) is 3.10. The van der Waals surface area contributed by atoms with Crippen LogP contribution in [0, 0.1) is 0 Å². The van der Waals surface area contributed by atoms with Crippen molar-refractivity contribution in [1.82, 2.24) is 10.6 Å². The summed E-state index contributed by atoms with van der Waals surface area (Å²) in [5.41, 5.74) is 0. The highest BCUT2D eigenvalue weighted by atomic mass is 32.1. The fraction of sp³-hybridized carbons (Fsp3) is 0.308. The molecule has 0 aliphatic rings. The maximum Gasteiger partial charge on any atom is 0.315 e. The van der Waals surface area contributed by atoms with Crippen LogP contribution in [-0.2, 0) is 6.54 Å². The summed E-state index contributed by atoms with van der Waals surface area (Å²) in [4.78, 5) is 12.4. The SMILES string of the molecule is CCCNC(=O)NCc1ccc(-c2cccs2)o1. The second-order valence-electron chi connectivity index (χ2n) is 3.85. The van der Waals surface area contributed by atoms with Crippen molar-refractivity contribution in [2.45, 2.75) is 19.9 Å². The van der Waals surface area contributed by atoms with Gasteiger partial charge in [0, 0.05) is 6.54 Å². The summed E-state index contributed by atoms with van der Waals surface area (Å²) in [7, 11) is 0. The summed E-state index contributed by atoms with van der Waals surface area (Å²) in [6.07, 6.45) is 0.927. The topological polar surface area (TPSA) is 54.3 Å². The highest BCUT2D eigenvalue weighted by molar-refractivity contribution is 7.13. The van der Waals surface area contributed by atoms with Crippen LogP contribution in [0.2, 0.25) is 0 Å². The highest BCUT2D eigenvalue weighted by Gasteiger charge is 2.06. The molecule has 0 bridgehead atoms. The van der Waals surface area contributed by atoms with E-state index >= 15 is 0 Å². The molecular formula is C13H16N2O2S. The van der Waals surface area contributed by atoms with Crippen molar-refractivity contribution in [3.05, 3.63) is 35.4 Å². The quantitative estimate of drug-likeness (QED) is 0.871. The highest BCUT2D eigenvalue weighted by Crippen LogP contribution is 2.26. The van der Waals surface area contributed by atoms with Gasteiger partial charge >= 0.3 is 6.03 Å². The Hall–Kier alpha value is -1.75. The van der Waals surface area contributed by atoms with E-state index < -0.39 is 0 Å². The zero-order chi connectivity index (χ0) is 12.8. The lowest BCUT2D eigenvalue weighted by Gasteiger charge is -2.04. The third-order valence-corrected chi connectivity index (χ3v) is 3.27. The maximum atomic E-state index is 11.3. The summed E-state index contributed by atoms with van der Waals surface area (Å²) in [5, 5.41) is 7.51. The van der Waals surface area contributed by atoms with Crippen molar-refractivity contribution >= 4 is 17.4 Å². The Morgan fingerprint density at radius 2 is 2.22 bits per heavy atom. The van der Waals surface area contributed by atoms with Gasteiger partial charge in [0.25, 0.3) is 0 Å². The second kappa shape index (κ2) is 6.26. The molecule has 2 N–H and O–H groups in total. The molecule has 18 heavy (non-hydrogen) atoms. The van der Waals surface area contributed by atoms with Gasteiger partial charge < -0.3 is 15.1 Å². The Kier molecular flexibility index (Phi) is 4.41. The van der Waals surface area contributed by atoms with Gasteiger partial charge in [0.05, 0.1) is 11.4 Å². The number of furan rings is 1. The molecule has 0 radical (unpaired) electrons. The van der Waals surface area contributed by atoms with E-state index in [0.29, 0.717) is 13.1 Å². The van der Waals surface area contributed by atoms with Crippen LogP contribution in [0.25, 0.3) is 10.6 Å². The van der Waals surface area contributed by atoms with Gasteiger partial charge in [-0.2, -0.15) is 0 Å². The Bertz CT molecular complexity index is 491. The summed E-state index contributed by atoms with van der Waals surface area (Å²) in [5.74, 6) is 1.60. The van der Waals surface area contributed by atoms with Crippen LogP contribution in [0.1, 0.15) is 19.1 Å². The lowest BCUT2D eigenvalue weighted by Crippen LogP contribution is -2.35. The number of amides is 2. The third-order valence-electron chi connectivity index (χ3n) is 2.38. The Balaban J connectivity index is 1.86. The molecule has 2 aromatic heterocycles. The van der Waals surface area contributed by atoms with Gasteiger partial charge in [-0.1, -0.05) is 13.0 Å². The van der Waals surface area contributed by atoms with E-state index in [2.05, 4.69) is 10.6 Å². The fourth-order valence-corrected chi connectivity index (χ4v) is 2.18. The van der Waals surface area contributed by atoms with E-state index in [1.807, 2.05) is 36.6 Å². The van der Waals surface area contributed by atoms with Crippen LogP contribution in [0.15, 0.2) is 34.1 Å². The number of urea groups is 1. The lowest BCUT2D eigenvalue weighted by molar-refractivity contribution is 0.239. The standard InChI is InChI=1S/C13H16N2O2S/c1-2-7-14-13(16)15-9-10-5-6-11(17-10)12-4-3-8-18-12/h3-6,8H,2,7,9H2,1H3,(H2,14,15,16). The fourth-order valence-electron chi connectivity index (χ4n) is 1.49. The van der Waals surface area contributed by atoms with E-state index in [4.69, 9.17) is 4.42 Å². The molecule has 0 fully saturated rings. The van der Waals surface area contributed by atoms with Crippen molar-refractivity contribution in [3.63, 3.8) is 0 Å². The molecule has 2 heterocycles. The van der Waals surface area contributed by atoms with E-state index in [1.54, 1.807) is 11.3 Å². The number of hydrogen-bond acceptors (Lipinski definition) is 3. The van der Waals surface area contributed by atoms with Gasteiger partial charge in [-0.15, -0.1) is 11.3 Å². The van der Waals surface area contributed by atoms with Crippen LogP contribution in [0.3, 0.4) is 0 Å². The van der Waals surface area contributed by atoms with Gasteiger partial charge in [0.15, 0.2) is 0 Å².